The number of hydrogen-bond donors (Lipinski definition) is 1. The van der Waals surface area contributed by atoms with Crippen LogP contribution in [0.1, 0.15) is 18.1 Å². The van der Waals surface area contributed by atoms with Crippen molar-refractivity contribution >= 4 is 34.7 Å². The van der Waals surface area contributed by atoms with Gasteiger partial charge in [0.1, 0.15) is 12.1 Å². The van der Waals surface area contributed by atoms with E-state index in [1.807, 2.05) is 25.1 Å². The summed E-state index contributed by atoms with van der Waals surface area (Å²) in [6.45, 7) is 2.04. The summed E-state index contributed by atoms with van der Waals surface area (Å²) < 4.78 is 0. The molecule has 3 nitrogen and oxygen atoms in total. The van der Waals surface area contributed by atoms with E-state index in [-0.39, 0.29) is 0 Å². The highest BCUT2D eigenvalue weighted by molar-refractivity contribution is 7.99. The summed E-state index contributed by atoms with van der Waals surface area (Å²) in [7, 11) is 0. The quantitative estimate of drug-likeness (QED) is 0.812. The highest BCUT2D eigenvalue weighted by atomic mass is 35.5. The Morgan fingerprint density at radius 2 is 1.95 bits per heavy atom. The van der Waals surface area contributed by atoms with E-state index >= 15 is 0 Å². The lowest BCUT2D eigenvalue weighted by atomic mass is 10.1. The summed E-state index contributed by atoms with van der Waals surface area (Å²) >= 11 is 7.59. The van der Waals surface area contributed by atoms with E-state index in [0.29, 0.717) is 27.5 Å². The molecule has 0 heterocycles. The molecule has 0 unspecified atom stereocenters. The maximum Gasteiger partial charge on any atom is 0.103 e. The van der Waals surface area contributed by atoms with Crippen LogP contribution in [0, 0.1) is 22.7 Å². The Morgan fingerprint density at radius 3 is 2.62 bits per heavy atom. The van der Waals surface area contributed by atoms with Gasteiger partial charge in [-0.1, -0.05) is 24.6 Å². The van der Waals surface area contributed by atoms with Crippen LogP contribution >= 0.6 is 23.4 Å². The first-order valence-corrected chi connectivity index (χ1v) is 7.68. The van der Waals surface area contributed by atoms with Gasteiger partial charge in [0, 0.05) is 9.92 Å². The Hall–Kier alpha value is -2.14. The van der Waals surface area contributed by atoms with Gasteiger partial charge in [0.15, 0.2) is 0 Å². The molecule has 0 bridgehead atoms. The second-order valence-corrected chi connectivity index (χ2v) is 5.89. The molecule has 0 aromatic heterocycles. The summed E-state index contributed by atoms with van der Waals surface area (Å²) in [5, 5.41) is 22.2. The minimum absolute atomic E-state index is 0.483. The van der Waals surface area contributed by atoms with Crippen LogP contribution in [0.5, 0.6) is 0 Å². The van der Waals surface area contributed by atoms with Crippen molar-refractivity contribution in [3.05, 3.63) is 52.5 Å². The third-order valence-corrected chi connectivity index (χ3v) is 3.98. The number of anilines is 2. The van der Waals surface area contributed by atoms with E-state index in [2.05, 4.69) is 17.5 Å². The van der Waals surface area contributed by atoms with Gasteiger partial charge in [0.05, 0.1) is 22.5 Å². The van der Waals surface area contributed by atoms with Crippen molar-refractivity contribution in [3.63, 3.8) is 0 Å². The molecule has 2 aromatic rings. The Morgan fingerprint density at radius 1 is 1.14 bits per heavy atom. The fraction of sp³-hybridized carbons (Fsp3) is 0.125. The minimum atomic E-state index is 0.483. The van der Waals surface area contributed by atoms with Crippen molar-refractivity contribution in [2.45, 2.75) is 11.8 Å². The fourth-order valence-corrected chi connectivity index (χ4v) is 2.85. The first kappa shape index (κ1) is 15.3. The molecular formula is C16H12ClN3S. The van der Waals surface area contributed by atoms with Crippen molar-refractivity contribution < 1.29 is 0 Å². The molecule has 104 valence electrons. The van der Waals surface area contributed by atoms with Crippen LogP contribution in [0.25, 0.3) is 0 Å². The molecule has 0 fully saturated rings. The van der Waals surface area contributed by atoms with E-state index in [1.54, 1.807) is 30.0 Å². The topological polar surface area (TPSA) is 59.6 Å². The summed E-state index contributed by atoms with van der Waals surface area (Å²) in [4.78, 5) is 0.922. The number of rotatable bonds is 4. The average molecular weight is 314 g/mol. The summed E-state index contributed by atoms with van der Waals surface area (Å²) in [6.07, 6.45) is 0. The van der Waals surface area contributed by atoms with Crippen molar-refractivity contribution in [3.8, 4) is 12.1 Å². The maximum atomic E-state index is 9.39. The van der Waals surface area contributed by atoms with E-state index in [9.17, 15) is 5.26 Å². The van der Waals surface area contributed by atoms with Gasteiger partial charge in [0.2, 0.25) is 0 Å². The van der Waals surface area contributed by atoms with Crippen molar-refractivity contribution in [2.24, 2.45) is 0 Å². The lowest BCUT2D eigenvalue weighted by molar-refractivity contribution is 1.34. The number of nitrogens with one attached hydrogen (secondary N) is 1. The van der Waals surface area contributed by atoms with Crippen LogP contribution < -0.4 is 5.32 Å². The lowest BCUT2D eigenvalue weighted by Crippen LogP contribution is -1.97. The molecule has 0 saturated heterocycles. The molecule has 21 heavy (non-hydrogen) atoms. The minimum Gasteiger partial charge on any atom is -0.353 e. The Bertz CT molecular complexity index is 744. The van der Waals surface area contributed by atoms with Gasteiger partial charge in [-0.05, 0) is 36.1 Å². The van der Waals surface area contributed by atoms with Crippen LogP contribution in [0.2, 0.25) is 5.02 Å². The van der Waals surface area contributed by atoms with Crippen LogP contribution in [-0.2, 0) is 0 Å². The zero-order chi connectivity index (χ0) is 15.2. The van der Waals surface area contributed by atoms with Gasteiger partial charge in [-0.3, -0.25) is 0 Å². The van der Waals surface area contributed by atoms with Crippen LogP contribution in [0.15, 0.2) is 41.3 Å². The van der Waals surface area contributed by atoms with Crippen LogP contribution in [0.3, 0.4) is 0 Å². The van der Waals surface area contributed by atoms with Gasteiger partial charge in [-0.2, -0.15) is 10.5 Å². The number of benzene rings is 2. The monoisotopic (exact) mass is 313 g/mol. The molecule has 5 heteroatoms. The van der Waals surface area contributed by atoms with Crippen molar-refractivity contribution in [1.29, 1.82) is 10.5 Å². The fourth-order valence-electron chi connectivity index (χ4n) is 1.89. The molecule has 0 aliphatic heterocycles. The van der Waals surface area contributed by atoms with Crippen molar-refractivity contribution in [1.82, 2.24) is 0 Å². The van der Waals surface area contributed by atoms with Gasteiger partial charge in [-0.25, -0.2) is 0 Å². The smallest absolute Gasteiger partial charge is 0.103 e. The highest BCUT2D eigenvalue weighted by Gasteiger charge is 2.10. The second kappa shape index (κ2) is 7.04. The second-order valence-electron chi connectivity index (χ2n) is 4.15. The van der Waals surface area contributed by atoms with E-state index in [1.165, 1.54) is 0 Å². The summed E-state index contributed by atoms with van der Waals surface area (Å²) in [6, 6.07) is 15.0. The number of nitrogens with zero attached hydrogens (tertiary/aromatic N) is 2. The first-order chi connectivity index (χ1) is 10.2. The number of hydrogen-bond acceptors (Lipinski definition) is 4. The van der Waals surface area contributed by atoms with Gasteiger partial charge >= 0.3 is 0 Å². The van der Waals surface area contributed by atoms with E-state index in [4.69, 9.17) is 16.9 Å². The third-order valence-electron chi connectivity index (χ3n) is 2.81. The zero-order valence-corrected chi connectivity index (χ0v) is 12.9. The molecule has 2 aromatic carbocycles. The predicted molar refractivity (Wildman–Crippen MR) is 87.0 cm³/mol. The summed E-state index contributed by atoms with van der Waals surface area (Å²) in [5.41, 5.74) is 2.33. The van der Waals surface area contributed by atoms with Crippen LogP contribution in [0.4, 0.5) is 11.4 Å². The van der Waals surface area contributed by atoms with Gasteiger partial charge in [-0.15, -0.1) is 11.8 Å². The third kappa shape index (κ3) is 3.49. The Kier molecular flexibility index (Phi) is 5.11. The number of nitriles is 2. The lowest BCUT2D eigenvalue weighted by Gasteiger charge is -2.12. The summed E-state index contributed by atoms with van der Waals surface area (Å²) in [5.74, 6) is 0.888. The Labute approximate surface area is 133 Å². The van der Waals surface area contributed by atoms with Crippen LogP contribution in [-0.4, -0.2) is 5.75 Å². The molecule has 0 aliphatic rings. The van der Waals surface area contributed by atoms with E-state index in [0.717, 1.165) is 10.6 Å². The zero-order valence-electron chi connectivity index (χ0n) is 11.4. The number of halogens is 1. The molecular weight excluding hydrogens is 302 g/mol. The standard InChI is InChI=1S/C16H12ClN3S/c1-2-21-16-5-3-4-14(13(16)10-19)20-15-8-12(17)7-6-11(15)9-18/h3-8,20H,2H2,1H3. The molecule has 0 amide bonds. The van der Waals surface area contributed by atoms with E-state index < -0.39 is 0 Å². The van der Waals surface area contributed by atoms with Crippen molar-refractivity contribution in [2.75, 3.05) is 11.1 Å². The number of thioether (sulfide) groups is 1. The highest BCUT2D eigenvalue weighted by Crippen LogP contribution is 2.31. The predicted octanol–water partition coefficient (Wildman–Crippen LogP) is 4.94. The SMILES string of the molecule is CCSc1cccc(Nc2cc(Cl)ccc2C#N)c1C#N. The normalized spacial score (nSPS) is 9.71. The van der Waals surface area contributed by atoms with Gasteiger partial charge in [0.25, 0.3) is 0 Å². The van der Waals surface area contributed by atoms with Gasteiger partial charge < -0.3 is 5.32 Å². The molecule has 2 rings (SSSR count). The molecule has 1 N–H and O–H groups in total. The molecule has 0 radical (unpaired) electrons. The largest absolute Gasteiger partial charge is 0.353 e. The first-order valence-electron chi connectivity index (χ1n) is 6.32. The molecule has 0 saturated carbocycles. The average Bonchev–Trinajstić information content (AvgIpc) is 2.48. The maximum absolute atomic E-state index is 9.39. The molecule has 0 atom stereocenters. The Balaban J connectivity index is 2.46. The molecule has 0 spiro atoms. The molecule has 0 aliphatic carbocycles.